The van der Waals surface area contributed by atoms with Gasteiger partial charge in [-0.2, -0.15) is 0 Å². The minimum atomic E-state index is 0.647. The van der Waals surface area contributed by atoms with Crippen molar-refractivity contribution in [1.29, 1.82) is 0 Å². The van der Waals surface area contributed by atoms with Crippen LogP contribution in [0, 0.1) is 0 Å². The fraction of sp³-hybridized carbons (Fsp3) is 0.364. The fourth-order valence-corrected chi connectivity index (χ4v) is 0.785. The second-order valence-electron chi connectivity index (χ2n) is 2.10. The van der Waals surface area contributed by atoms with E-state index in [1.54, 1.807) is 12.4 Å². The van der Waals surface area contributed by atoms with Gasteiger partial charge in [0.15, 0.2) is 0 Å². The van der Waals surface area contributed by atoms with Gasteiger partial charge in [-0.05, 0) is 19.1 Å². The Morgan fingerprint density at radius 1 is 1.54 bits per heavy atom. The quantitative estimate of drug-likeness (QED) is 0.665. The Balaban J connectivity index is 0.000000671. The van der Waals surface area contributed by atoms with Crippen LogP contribution >= 0.6 is 0 Å². The van der Waals surface area contributed by atoms with Gasteiger partial charge in [-0.15, -0.1) is 0 Å². The van der Waals surface area contributed by atoms with E-state index in [-0.39, 0.29) is 0 Å². The summed E-state index contributed by atoms with van der Waals surface area (Å²) in [6, 6.07) is 3.78. The first-order valence-electron chi connectivity index (χ1n) is 4.56. The summed E-state index contributed by atoms with van der Waals surface area (Å²) in [6.07, 6.45) is 3.46. The van der Waals surface area contributed by atoms with E-state index in [0.717, 1.165) is 5.56 Å². The molecule has 0 fully saturated rings. The van der Waals surface area contributed by atoms with Crippen molar-refractivity contribution in [3.63, 3.8) is 0 Å². The van der Waals surface area contributed by atoms with Gasteiger partial charge >= 0.3 is 0 Å². The van der Waals surface area contributed by atoms with Gasteiger partial charge in [0.2, 0.25) is 0 Å². The Labute approximate surface area is 80.3 Å². The summed E-state index contributed by atoms with van der Waals surface area (Å²) >= 11 is 0. The average Bonchev–Trinajstić information content (AvgIpc) is 2.23. The van der Waals surface area contributed by atoms with Gasteiger partial charge in [0.25, 0.3) is 0 Å². The topological polar surface area (TPSA) is 22.1 Å². The van der Waals surface area contributed by atoms with Crippen LogP contribution < -0.4 is 0 Å². The minimum absolute atomic E-state index is 0.647. The lowest BCUT2D eigenvalue weighted by Crippen LogP contribution is -1.89. The monoisotopic (exact) mass is 179 g/mol. The van der Waals surface area contributed by atoms with E-state index in [4.69, 9.17) is 4.74 Å². The molecule has 1 rings (SSSR count). The van der Waals surface area contributed by atoms with Crippen LogP contribution in [0.4, 0.5) is 0 Å². The molecule has 0 aromatic carbocycles. The van der Waals surface area contributed by atoms with Gasteiger partial charge in [0, 0.05) is 18.0 Å². The summed E-state index contributed by atoms with van der Waals surface area (Å²) < 4.78 is 5.19. The van der Waals surface area contributed by atoms with Crippen molar-refractivity contribution in [2.75, 3.05) is 6.61 Å². The summed E-state index contributed by atoms with van der Waals surface area (Å²) in [7, 11) is 0. The van der Waals surface area contributed by atoms with Crippen molar-refractivity contribution in [2.45, 2.75) is 20.8 Å². The van der Waals surface area contributed by atoms with Crippen molar-refractivity contribution < 1.29 is 4.74 Å². The Morgan fingerprint density at radius 3 is 2.69 bits per heavy atom. The molecular formula is C11H17NO. The highest BCUT2D eigenvalue weighted by atomic mass is 16.5. The molecule has 0 N–H and O–H groups in total. The third-order valence-electron chi connectivity index (χ3n) is 1.30. The molecule has 72 valence electrons. The van der Waals surface area contributed by atoms with E-state index in [1.165, 1.54) is 0 Å². The predicted octanol–water partition coefficient (Wildman–Crippen LogP) is 3.12. The fourth-order valence-electron chi connectivity index (χ4n) is 0.785. The molecule has 0 spiro atoms. The number of aromatic nitrogens is 1. The van der Waals surface area contributed by atoms with Crippen LogP contribution in [0.25, 0.3) is 5.76 Å². The van der Waals surface area contributed by atoms with E-state index in [0.29, 0.717) is 12.4 Å². The van der Waals surface area contributed by atoms with Crippen LogP contribution in [0.15, 0.2) is 31.1 Å². The summed E-state index contributed by atoms with van der Waals surface area (Å²) in [4.78, 5) is 3.95. The van der Waals surface area contributed by atoms with E-state index in [9.17, 15) is 0 Å². The van der Waals surface area contributed by atoms with Crippen molar-refractivity contribution >= 4 is 5.76 Å². The third-order valence-corrected chi connectivity index (χ3v) is 1.30. The lowest BCUT2D eigenvalue weighted by molar-refractivity contribution is 0.299. The number of hydrogen-bond donors (Lipinski definition) is 0. The van der Waals surface area contributed by atoms with Gasteiger partial charge < -0.3 is 4.74 Å². The van der Waals surface area contributed by atoms with Crippen LogP contribution in [-0.4, -0.2) is 11.6 Å². The molecule has 0 bridgehead atoms. The molecule has 1 aromatic rings. The summed E-state index contributed by atoms with van der Waals surface area (Å²) in [5, 5.41) is 0. The van der Waals surface area contributed by atoms with Gasteiger partial charge in [0.1, 0.15) is 5.76 Å². The molecule has 0 atom stereocenters. The van der Waals surface area contributed by atoms with Crippen LogP contribution in [0.2, 0.25) is 0 Å². The molecule has 0 aliphatic carbocycles. The molecule has 0 aliphatic rings. The van der Waals surface area contributed by atoms with E-state index < -0.39 is 0 Å². The zero-order chi connectivity index (χ0) is 10.1. The SMILES string of the molecule is C=C(OCC)c1cccnc1.CC. The average molecular weight is 179 g/mol. The molecule has 0 saturated heterocycles. The number of nitrogens with zero attached hydrogens (tertiary/aromatic N) is 1. The first-order chi connectivity index (χ1) is 6.34. The zero-order valence-corrected chi connectivity index (χ0v) is 8.58. The second-order valence-corrected chi connectivity index (χ2v) is 2.10. The van der Waals surface area contributed by atoms with E-state index >= 15 is 0 Å². The van der Waals surface area contributed by atoms with E-state index in [2.05, 4.69) is 11.6 Å². The Bertz CT molecular complexity index is 231. The third kappa shape index (κ3) is 4.31. The molecule has 0 saturated carbocycles. The number of ether oxygens (including phenoxy) is 1. The molecule has 0 unspecified atom stereocenters. The first kappa shape index (κ1) is 11.7. The summed E-state index contributed by atoms with van der Waals surface area (Å²) in [5.41, 5.74) is 0.939. The molecule has 0 aliphatic heterocycles. The van der Waals surface area contributed by atoms with Crippen LogP contribution in [-0.2, 0) is 4.74 Å². The summed E-state index contributed by atoms with van der Waals surface area (Å²) in [5.74, 6) is 0.681. The Kier molecular flexibility index (Phi) is 6.60. The normalized spacial score (nSPS) is 8.23. The van der Waals surface area contributed by atoms with Gasteiger partial charge in [-0.3, -0.25) is 4.98 Å². The van der Waals surface area contributed by atoms with Gasteiger partial charge in [0.05, 0.1) is 6.61 Å². The molecule has 1 heterocycles. The Morgan fingerprint density at radius 2 is 2.23 bits per heavy atom. The maximum Gasteiger partial charge on any atom is 0.120 e. The molecule has 0 radical (unpaired) electrons. The zero-order valence-electron chi connectivity index (χ0n) is 8.58. The molecule has 1 aromatic heterocycles. The maximum atomic E-state index is 5.19. The van der Waals surface area contributed by atoms with Crippen LogP contribution in [0.5, 0.6) is 0 Å². The maximum absolute atomic E-state index is 5.19. The van der Waals surface area contributed by atoms with Gasteiger partial charge in [-0.1, -0.05) is 20.4 Å². The molecular weight excluding hydrogens is 162 g/mol. The van der Waals surface area contributed by atoms with Gasteiger partial charge in [-0.25, -0.2) is 0 Å². The van der Waals surface area contributed by atoms with Crippen LogP contribution in [0.1, 0.15) is 26.3 Å². The first-order valence-corrected chi connectivity index (χ1v) is 4.56. The Hall–Kier alpha value is -1.31. The molecule has 2 nitrogen and oxygen atoms in total. The lowest BCUT2D eigenvalue weighted by atomic mass is 10.2. The molecule has 2 heteroatoms. The number of hydrogen-bond acceptors (Lipinski definition) is 2. The highest BCUT2D eigenvalue weighted by Crippen LogP contribution is 2.10. The largest absolute Gasteiger partial charge is 0.494 e. The number of pyridine rings is 1. The summed E-state index contributed by atoms with van der Waals surface area (Å²) in [6.45, 7) is 10.3. The number of rotatable bonds is 3. The second kappa shape index (κ2) is 7.35. The van der Waals surface area contributed by atoms with Crippen molar-refractivity contribution in [2.24, 2.45) is 0 Å². The highest BCUT2D eigenvalue weighted by Gasteiger charge is 1.95. The van der Waals surface area contributed by atoms with Crippen molar-refractivity contribution in [3.05, 3.63) is 36.7 Å². The smallest absolute Gasteiger partial charge is 0.120 e. The van der Waals surface area contributed by atoms with Crippen LogP contribution in [0.3, 0.4) is 0 Å². The minimum Gasteiger partial charge on any atom is -0.494 e. The highest BCUT2D eigenvalue weighted by molar-refractivity contribution is 5.55. The predicted molar refractivity (Wildman–Crippen MR) is 56.2 cm³/mol. The van der Waals surface area contributed by atoms with E-state index in [1.807, 2.05) is 32.9 Å². The molecule has 0 amide bonds. The molecule has 13 heavy (non-hydrogen) atoms. The standard InChI is InChI=1S/C9H11NO.C2H6/c1-3-11-8(2)9-5-4-6-10-7-9;1-2/h4-7H,2-3H2,1H3;1-2H3. The lowest BCUT2D eigenvalue weighted by Gasteiger charge is -2.04. The van der Waals surface area contributed by atoms with Crippen molar-refractivity contribution in [3.8, 4) is 0 Å². The van der Waals surface area contributed by atoms with Crippen molar-refractivity contribution in [1.82, 2.24) is 4.98 Å².